The minimum absolute atomic E-state index is 0.253. The number of carbonyl (C=O) groups is 1. The van der Waals surface area contributed by atoms with Crippen LogP contribution in [0.4, 0.5) is 13.2 Å². The van der Waals surface area contributed by atoms with Crippen molar-refractivity contribution in [2.45, 2.75) is 26.1 Å². The third kappa shape index (κ3) is 6.46. The molecule has 0 saturated carbocycles. The normalized spacial score (nSPS) is 16.1. The summed E-state index contributed by atoms with van der Waals surface area (Å²) < 4.78 is 52.1. The molecule has 32 heavy (non-hydrogen) atoms. The SMILES string of the molecule is CCC=O.CN1CC(COc2noc3c2=CC(c2ccc(OC(F)(F)F)cc2)=CCC=3)C1. The van der Waals surface area contributed by atoms with Gasteiger partial charge in [0, 0.05) is 25.4 Å². The third-order valence-corrected chi connectivity index (χ3v) is 4.85. The molecule has 1 saturated heterocycles. The van der Waals surface area contributed by atoms with Crippen LogP contribution in [0.25, 0.3) is 17.7 Å². The molecule has 1 aliphatic heterocycles. The first-order valence-corrected chi connectivity index (χ1v) is 10.3. The Bertz CT molecular complexity index is 1050. The largest absolute Gasteiger partial charge is 0.573 e. The summed E-state index contributed by atoms with van der Waals surface area (Å²) in [4.78, 5) is 11.4. The second-order valence-electron chi connectivity index (χ2n) is 7.55. The summed E-state index contributed by atoms with van der Waals surface area (Å²) >= 11 is 0. The van der Waals surface area contributed by atoms with Crippen LogP contribution in [-0.4, -0.2) is 49.4 Å². The van der Waals surface area contributed by atoms with Gasteiger partial charge in [0.1, 0.15) is 12.0 Å². The van der Waals surface area contributed by atoms with Gasteiger partial charge < -0.3 is 23.7 Å². The number of alkyl halides is 3. The smallest absolute Gasteiger partial charge is 0.475 e. The standard InChI is InChI=1S/C20H19F3N2O3.C3H6O/c1-25-10-13(11-25)12-26-19-17-9-15(3-2-4-18(17)28-24-19)14-5-7-16(8-6-14)27-20(21,22)23;1-2-3-4/h3-9,13H,2,10-12H2,1H3;3H,2H2,1H3. The molecule has 172 valence electrons. The zero-order valence-electron chi connectivity index (χ0n) is 17.9. The Hall–Kier alpha value is -3.07. The van der Waals surface area contributed by atoms with E-state index < -0.39 is 6.36 Å². The summed E-state index contributed by atoms with van der Waals surface area (Å²) in [5.41, 5.74) is 2.25. The zero-order chi connectivity index (χ0) is 23.1. The van der Waals surface area contributed by atoms with Gasteiger partial charge in [0.2, 0.25) is 0 Å². The lowest BCUT2D eigenvalue weighted by atomic mass is 10.0. The summed E-state index contributed by atoms with van der Waals surface area (Å²) in [6.45, 7) is 4.37. The van der Waals surface area contributed by atoms with Gasteiger partial charge in [-0.05, 0) is 54.0 Å². The summed E-state index contributed by atoms with van der Waals surface area (Å²) in [5, 5.41) is 4.77. The van der Waals surface area contributed by atoms with Crippen LogP contribution in [0.5, 0.6) is 11.6 Å². The topological polar surface area (TPSA) is 64.8 Å². The number of allylic oxidation sites excluding steroid dienone is 2. The minimum atomic E-state index is -4.71. The molecule has 9 heteroatoms. The van der Waals surface area contributed by atoms with Crippen LogP contribution in [0, 0.1) is 5.92 Å². The van der Waals surface area contributed by atoms with Crippen molar-refractivity contribution in [1.29, 1.82) is 0 Å². The molecule has 0 amide bonds. The summed E-state index contributed by atoms with van der Waals surface area (Å²) in [7, 11) is 2.06. The van der Waals surface area contributed by atoms with Gasteiger partial charge in [-0.15, -0.1) is 13.2 Å². The van der Waals surface area contributed by atoms with Crippen molar-refractivity contribution in [1.82, 2.24) is 10.1 Å². The van der Waals surface area contributed by atoms with Crippen LogP contribution in [0.3, 0.4) is 0 Å². The molecule has 0 atom stereocenters. The predicted molar refractivity (Wildman–Crippen MR) is 113 cm³/mol. The maximum atomic E-state index is 12.3. The first-order chi connectivity index (χ1) is 15.3. The maximum absolute atomic E-state index is 12.3. The molecule has 1 aromatic carbocycles. The first kappa shape index (κ1) is 23.6. The van der Waals surface area contributed by atoms with Crippen LogP contribution in [0.1, 0.15) is 25.3 Å². The van der Waals surface area contributed by atoms with Crippen molar-refractivity contribution in [3.63, 3.8) is 0 Å². The van der Waals surface area contributed by atoms with Gasteiger partial charge in [0.05, 0.1) is 11.8 Å². The molecule has 0 unspecified atom stereocenters. The molecular weight excluding hydrogens is 425 g/mol. The molecule has 0 spiro atoms. The Morgan fingerprint density at radius 2 is 1.91 bits per heavy atom. The number of fused-ring (bicyclic) bond motifs is 1. The Balaban J connectivity index is 0.000000668. The van der Waals surface area contributed by atoms with E-state index in [2.05, 4.69) is 21.8 Å². The van der Waals surface area contributed by atoms with Crippen LogP contribution in [0.15, 0.2) is 34.9 Å². The highest BCUT2D eigenvalue weighted by Crippen LogP contribution is 2.26. The number of rotatable bonds is 6. The lowest BCUT2D eigenvalue weighted by Crippen LogP contribution is -2.46. The van der Waals surface area contributed by atoms with Crippen LogP contribution in [0.2, 0.25) is 0 Å². The highest BCUT2D eigenvalue weighted by molar-refractivity contribution is 5.89. The van der Waals surface area contributed by atoms with E-state index in [1.807, 2.05) is 25.2 Å². The van der Waals surface area contributed by atoms with Crippen molar-refractivity contribution >= 4 is 24.0 Å². The summed E-state index contributed by atoms with van der Waals surface area (Å²) in [6.07, 6.45) is 3.18. The number of carbonyl (C=O) groups excluding carboxylic acids is 1. The van der Waals surface area contributed by atoms with Crippen molar-refractivity contribution in [2.75, 3.05) is 26.7 Å². The highest BCUT2D eigenvalue weighted by atomic mass is 19.4. The lowest BCUT2D eigenvalue weighted by Gasteiger charge is -2.35. The van der Waals surface area contributed by atoms with E-state index in [4.69, 9.17) is 9.26 Å². The van der Waals surface area contributed by atoms with Gasteiger partial charge in [-0.2, -0.15) is 0 Å². The van der Waals surface area contributed by atoms with E-state index in [1.165, 1.54) is 12.1 Å². The van der Waals surface area contributed by atoms with Crippen LogP contribution < -0.4 is 20.1 Å². The number of aldehydes is 1. The maximum Gasteiger partial charge on any atom is 0.573 e. The Morgan fingerprint density at radius 3 is 2.50 bits per heavy atom. The molecule has 1 aliphatic carbocycles. The fraction of sp³-hybridized carbons (Fsp3) is 0.391. The van der Waals surface area contributed by atoms with E-state index in [1.54, 1.807) is 12.1 Å². The van der Waals surface area contributed by atoms with E-state index in [0.29, 0.717) is 36.7 Å². The van der Waals surface area contributed by atoms with E-state index >= 15 is 0 Å². The number of halogens is 3. The molecule has 2 aromatic rings. The number of aromatic nitrogens is 1. The van der Waals surface area contributed by atoms with E-state index in [9.17, 15) is 18.0 Å². The summed E-state index contributed by atoms with van der Waals surface area (Å²) in [6, 6.07) is 5.77. The molecule has 0 bridgehead atoms. The summed E-state index contributed by atoms with van der Waals surface area (Å²) in [5.74, 6) is 0.658. The van der Waals surface area contributed by atoms with Crippen molar-refractivity contribution < 1.29 is 32.0 Å². The molecular formula is C23H25F3N2O4. The van der Waals surface area contributed by atoms with Crippen LogP contribution >= 0.6 is 0 Å². The molecule has 1 aromatic heterocycles. The predicted octanol–water partition coefficient (Wildman–Crippen LogP) is 3.16. The van der Waals surface area contributed by atoms with Crippen molar-refractivity contribution in [3.05, 3.63) is 46.5 Å². The van der Waals surface area contributed by atoms with Gasteiger partial charge in [-0.1, -0.05) is 25.1 Å². The van der Waals surface area contributed by atoms with E-state index in [0.717, 1.165) is 35.7 Å². The minimum Gasteiger partial charge on any atom is -0.475 e. The van der Waals surface area contributed by atoms with Gasteiger partial charge in [-0.25, -0.2) is 0 Å². The zero-order valence-corrected chi connectivity index (χ0v) is 17.9. The van der Waals surface area contributed by atoms with Gasteiger partial charge in [0.15, 0.2) is 5.42 Å². The van der Waals surface area contributed by atoms with Gasteiger partial charge in [0.25, 0.3) is 5.88 Å². The number of hydrogen-bond acceptors (Lipinski definition) is 6. The second-order valence-corrected chi connectivity index (χ2v) is 7.55. The first-order valence-electron chi connectivity index (χ1n) is 10.3. The third-order valence-electron chi connectivity index (χ3n) is 4.85. The fourth-order valence-corrected chi connectivity index (χ4v) is 3.37. The number of likely N-dealkylation sites (tertiary alicyclic amines) is 1. The molecule has 0 N–H and O–H groups in total. The number of nitrogens with zero attached hydrogens (tertiary/aromatic N) is 2. The number of ether oxygens (including phenoxy) is 2. The van der Waals surface area contributed by atoms with Crippen molar-refractivity contribution in [2.24, 2.45) is 5.92 Å². The Labute approximate surface area is 183 Å². The number of hydrogen-bond donors (Lipinski definition) is 0. The highest BCUT2D eigenvalue weighted by Gasteiger charge is 2.31. The Kier molecular flexibility index (Phi) is 7.74. The molecule has 2 aliphatic rings. The van der Waals surface area contributed by atoms with E-state index in [-0.39, 0.29) is 5.75 Å². The average Bonchev–Trinajstić information content (AvgIpc) is 2.97. The van der Waals surface area contributed by atoms with Crippen molar-refractivity contribution in [3.8, 4) is 11.6 Å². The quantitative estimate of drug-likeness (QED) is 0.630. The average molecular weight is 450 g/mol. The molecule has 2 heterocycles. The molecule has 0 radical (unpaired) electrons. The molecule has 1 fully saturated rings. The fourth-order valence-electron chi connectivity index (χ4n) is 3.37. The van der Waals surface area contributed by atoms with Gasteiger partial charge in [-0.3, -0.25) is 0 Å². The molecule has 6 nitrogen and oxygen atoms in total. The Morgan fingerprint density at radius 1 is 1.22 bits per heavy atom. The van der Waals surface area contributed by atoms with Crippen LogP contribution in [-0.2, 0) is 4.79 Å². The lowest BCUT2D eigenvalue weighted by molar-refractivity contribution is -0.274. The molecule has 4 rings (SSSR count). The monoisotopic (exact) mass is 450 g/mol. The van der Waals surface area contributed by atoms with Gasteiger partial charge >= 0.3 is 6.36 Å². The number of benzene rings is 1. The second kappa shape index (κ2) is 10.5.